The maximum absolute atomic E-state index is 13.5. The molecule has 11 heteroatoms. The summed E-state index contributed by atoms with van der Waals surface area (Å²) in [6.45, 7) is 5.44. The van der Waals surface area contributed by atoms with Gasteiger partial charge in [0.1, 0.15) is 5.03 Å². The minimum absolute atomic E-state index is 0.0985. The first-order valence-corrected chi connectivity index (χ1v) is 15.4. The summed E-state index contributed by atoms with van der Waals surface area (Å²) in [7, 11) is 0. The second kappa shape index (κ2) is 11.7. The maximum Gasteiger partial charge on any atom is 0.253 e. The van der Waals surface area contributed by atoms with Gasteiger partial charge in [0.05, 0.1) is 27.1 Å². The Morgan fingerprint density at radius 3 is 2.45 bits per heavy atom. The summed E-state index contributed by atoms with van der Waals surface area (Å²) in [4.78, 5) is 45.5. The predicted octanol–water partition coefficient (Wildman–Crippen LogP) is 7.41. The normalized spacial score (nSPS) is 11.6. The van der Waals surface area contributed by atoms with Crippen molar-refractivity contribution in [3.05, 3.63) is 96.8 Å². The lowest BCUT2D eigenvalue weighted by Crippen LogP contribution is -2.28. The van der Waals surface area contributed by atoms with Gasteiger partial charge >= 0.3 is 0 Å². The van der Waals surface area contributed by atoms with E-state index < -0.39 is 5.41 Å². The average molecular weight is 609 g/mol. The van der Waals surface area contributed by atoms with E-state index in [2.05, 4.69) is 10.1 Å². The third-order valence-corrected chi connectivity index (χ3v) is 9.37. The van der Waals surface area contributed by atoms with Crippen LogP contribution in [0.3, 0.4) is 0 Å². The number of carbonyl (C=O) groups is 2. The van der Waals surface area contributed by atoms with Gasteiger partial charge in [-0.2, -0.15) is 9.78 Å². The summed E-state index contributed by atoms with van der Waals surface area (Å²) in [6, 6.07) is 16.1. The number of Topliss-reactive ketones (excluding diaryl/α,β-unsaturated/α-hetero) is 1. The Morgan fingerprint density at radius 2 is 1.80 bits per heavy atom. The zero-order valence-corrected chi connectivity index (χ0v) is 25.2. The summed E-state index contributed by atoms with van der Waals surface area (Å²) >= 11 is 10.4. The summed E-state index contributed by atoms with van der Waals surface area (Å²) < 4.78 is 3.60. The van der Waals surface area contributed by atoms with Crippen molar-refractivity contribution in [2.45, 2.75) is 38.1 Å². The molecule has 0 bridgehead atoms. The van der Waals surface area contributed by atoms with Crippen molar-refractivity contribution < 1.29 is 9.59 Å². The molecular weight excluding hydrogens is 584 g/mol. The van der Waals surface area contributed by atoms with E-state index in [1.165, 1.54) is 49.8 Å². The molecule has 5 aromatic rings. The number of ketones is 1. The topological polar surface area (TPSA) is 86.8 Å². The lowest BCUT2D eigenvalue weighted by molar-refractivity contribution is 0.0736. The van der Waals surface area contributed by atoms with Gasteiger partial charge in [0.2, 0.25) is 0 Å². The number of rotatable bonds is 8. The van der Waals surface area contributed by atoms with Crippen LogP contribution in [0.1, 0.15) is 40.1 Å². The molecule has 0 aliphatic rings. The molecule has 40 heavy (non-hydrogen) atoms. The van der Waals surface area contributed by atoms with E-state index in [9.17, 15) is 14.4 Å². The lowest BCUT2D eigenvalue weighted by Gasteiger charge is -2.17. The van der Waals surface area contributed by atoms with E-state index in [4.69, 9.17) is 11.6 Å². The molecule has 0 saturated heterocycles. The number of nitrogens with zero attached hydrogens (tertiary/aromatic N) is 4. The molecule has 0 aliphatic carbocycles. The molecule has 0 atom stereocenters. The second-order valence-corrected chi connectivity index (χ2v) is 13.8. The fraction of sp³-hybridized carbons (Fsp3) is 0.207. The van der Waals surface area contributed by atoms with Crippen molar-refractivity contribution in [2.24, 2.45) is 5.41 Å². The molecule has 5 rings (SSSR count). The molecule has 0 N–H and O–H groups in total. The molecule has 0 saturated carbocycles. The monoisotopic (exact) mass is 608 g/mol. The van der Waals surface area contributed by atoms with Crippen LogP contribution in [0.15, 0.2) is 82.2 Å². The third-order valence-electron chi connectivity index (χ3n) is 6.00. The van der Waals surface area contributed by atoms with Crippen LogP contribution in [-0.2, 0) is 12.3 Å². The summed E-state index contributed by atoms with van der Waals surface area (Å²) in [5.41, 5.74) is 1.34. The Kier molecular flexibility index (Phi) is 8.23. The molecule has 0 radical (unpaired) electrons. The van der Waals surface area contributed by atoms with Crippen molar-refractivity contribution in [1.29, 1.82) is 0 Å². The first-order valence-electron chi connectivity index (χ1n) is 12.3. The van der Waals surface area contributed by atoms with Gasteiger partial charge in [-0.25, -0.2) is 0 Å². The number of thiophene rings is 2. The molecule has 0 amide bonds. The van der Waals surface area contributed by atoms with E-state index >= 15 is 0 Å². The van der Waals surface area contributed by atoms with Crippen LogP contribution in [0.4, 0.5) is 0 Å². The molecule has 0 unspecified atom stereocenters. The van der Waals surface area contributed by atoms with Crippen molar-refractivity contribution in [1.82, 2.24) is 19.3 Å². The number of hydrogen-bond acceptors (Lipinski definition) is 8. The molecule has 0 aromatic carbocycles. The lowest BCUT2D eigenvalue weighted by atomic mass is 9.96. The largest absolute Gasteiger partial charge is 0.300 e. The van der Waals surface area contributed by atoms with E-state index in [-0.39, 0.29) is 23.8 Å². The molecule has 5 aromatic heterocycles. The van der Waals surface area contributed by atoms with E-state index in [0.29, 0.717) is 36.9 Å². The SMILES string of the molecule is CC(C)(C)C(=O)n1nc(-c2cc(-c3ccncc3)n(CC(=O)c3cccs3)c(=O)c2)cc1SCc1ccc(Cl)s1. The zero-order valence-electron chi connectivity index (χ0n) is 22.0. The van der Waals surface area contributed by atoms with Crippen molar-refractivity contribution >= 4 is 57.7 Å². The van der Waals surface area contributed by atoms with Crippen LogP contribution in [0.5, 0.6) is 0 Å². The Balaban J connectivity index is 1.58. The van der Waals surface area contributed by atoms with Crippen molar-refractivity contribution in [2.75, 3.05) is 0 Å². The highest BCUT2D eigenvalue weighted by Crippen LogP contribution is 2.33. The highest BCUT2D eigenvalue weighted by atomic mass is 35.5. The van der Waals surface area contributed by atoms with Gasteiger partial charge in [0.15, 0.2) is 5.78 Å². The fourth-order valence-electron chi connectivity index (χ4n) is 3.97. The van der Waals surface area contributed by atoms with Crippen molar-refractivity contribution in [3.8, 4) is 22.5 Å². The number of halogens is 1. The van der Waals surface area contributed by atoms with Crippen LogP contribution in [0.2, 0.25) is 4.34 Å². The standard InChI is InChI=1S/C29H25ClN4O3S3/c1-29(2,3)28(37)34-27(39-17-20-6-7-25(30)40-20)15-21(32-34)19-13-22(18-8-10-31-11-9-18)33(26(36)14-19)16-23(35)24-5-4-12-38-24/h4-15H,16-17H2,1-3H3. The van der Waals surface area contributed by atoms with Gasteiger partial charge in [-0.05, 0) is 47.8 Å². The van der Waals surface area contributed by atoms with Gasteiger partial charge < -0.3 is 4.57 Å². The Labute approximate surface area is 248 Å². The van der Waals surface area contributed by atoms with Crippen LogP contribution in [0.25, 0.3) is 22.5 Å². The van der Waals surface area contributed by atoms with E-state index in [0.717, 1.165) is 10.4 Å². The van der Waals surface area contributed by atoms with E-state index in [1.807, 2.05) is 56.5 Å². The molecule has 0 fully saturated rings. The Hall–Kier alpha value is -3.31. The van der Waals surface area contributed by atoms with Gasteiger partial charge in [0.25, 0.3) is 11.5 Å². The van der Waals surface area contributed by atoms with Crippen LogP contribution < -0.4 is 5.56 Å². The number of thioether (sulfide) groups is 1. The summed E-state index contributed by atoms with van der Waals surface area (Å²) in [6.07, 6.45) is 3.28. The highest BCUT2D eigenvalue weighted by Gasteiger charge is 2.27. The number of carbonyl (C=O) groups excluding carboxylic acids is 2. The van der Waals surface area contributed by atoms with Gasteiger partial charge in [-0.3, -0.25) is 19.4 Å². The molecule has 0 aliphatic heterocycles. The Morgan fingerprint density at radius 1 is 1.02 bits per heavy atom. The van der Waals surface area contributed by atoms with Crippen LogP contribution in [0, 0.1) is 5.41 Å². The maximum atomic E-state index is 13.5. The first kappa shape index (κ1) is 28.2. The van der Waals surface area contributed by atoms with E-state index in [1.54, 1.807) is 30.6 Å². The molecule has 0 spiro atoms. The zero-order chi connectivity index (χ0) is 28.4. The molecular formula is C29H25ClN4O3S3. The van der Waals surface area contributed by atoms with Gasteiger partial charge in [0, 0.05) is 45.6 Å². The second-order valence-electron chi connectivity index (χ2n) is 10.0. The Bertz CT molecular complexity index is 1730. The van der Waals surface area contributed by atoms with Gasteiger partial charge in [-0.15, -0.1) is 34.4 Å². The summed E-state index contributed by atoms with van der Waals surface area (Å²) in [5.74, 6) is 0.316. The fourth-order valence-corrected chi connectivity index (χ4v) is 6.75. The smallest absolute Gasteiger partial charge is 0.253 e. The molecule has 7 nitrogen and oxygen atoms in total. The number of hydrogen-bond donors (Lipinski definition) is 0. The third kappa shape index (κ3) is 6.20. The highest BCUT2D eigenvalue weighted by molar-refractivity contribution is 7.98. The van der Waals surface area contributed by atoms with Crippen LogP contribution in [-0.4, -0.2) is 31.0 Å². The number of pyridine rings is 2. The number of aromatic nitrogens is 4. The quantitative estimate of drug-likeness (QED) is 0.135. The molecule has 204 valence electrons. The van der Waals surface area contributed by atoms with Crippen molar-refractivity contribution in [3.63, 3.8) is 0 Å². The minimum Gasteiger partial charge on any atom is -0.300 e. The molecule has 5 heterocycles. The predicted molar refractivity (Wildman–Crippen MR) is 163 cm³/mol. The average Bonchev–Trinajstić information content (AvgIpc) is 3.69. The van der Waals surface area contributed by atoms with Gasteiger partial charge in [-0.1, -0.05) is 38.4 Å². The first-order chi connectivity index (χ1) is 19.1. The minimum atomic E-state index is -0.668. The van der Waals surface area contributed by atoms with Crippen LogP contribution >= 0.6 is 46.0 Å². The summed E-state index contributed by atoms with van der Waals surface area (Å²) in [5, 5.41) is 7.17.